The molecule has 4 nitrogen and oxygen atoms in total. The van der Waals surface area contributed by atoms with E-state index >= 15 is 0 Å². The van der Waals surface area contributed by atoms with Crippen LogP contribution in [0, 0.1) is 5.82 Å². The number of carbonyl (C=O) groups is 1. The SMILES string of the molecule is COc1ccc(F)c(NC(=O)c2cccc(Cl)n2)c1. The largest absolute Gasteiger partial charge is 0.497 e. The molecule has 1 heterocycles. The van der Waals surface area contributed by atoms with E-state index in [-0.39, 0.29) is 16.5 Å². The minimum absolute atomic E-state index is 0.0196. The number of rotatable bonds is 3. The average molecular weight is 281 g/mol. The Morgan fingerprint density at radius 2 is 2.16 bits per heavy atom. The maximum Gasteiger partial charge on any atom is 0.274 e. The van der Waals surface area contributed by atoms with Crippen LogP contribution < -0.4 is 10.1 Å². The molecule has 2 rings (SSSR count). The van der Waals surface area contributed by atoms with Crippen molar-refractivity contribution in [1.82, 2.24) is 4.98 Å². The molecule has 0 atom stereocenters. The normalized spacial score (nSPS) is 10.1. The van der Waals surface area contributed by atoms with Crippen LogP contribution in [0.4, 0.5) is 10.1 Å². The molecule has 0 aliphatic carbocycles. The number of methoxy groups -OCH3 is 1. The number of ether oxygens (including phenoxy) is 1. The summed E-state index contributed by atoms with van der Waals surface area (Å²) in [4.78, 5) is 15.7. The lowest BCUT2D eigenvalue weighted by Crippen LogP contribution is -2.14. The molecule has 19 heavy (non-hydrogen) atoms. The van der Waals surface area contributed by atoms with Gasteiger partial charge in [0.05, 0.1) is 12.8 Å². The minimum Gasteiger partial charge on any atom is -0.497 e. The van der Waals surface area contributed by atoms with Crippen LogP contribution in [0.15, 0.2) is 36.4 Å². The number of amides is 1. The molecule has 1 amide bonds. The minimum atomic E-state index is -0.559. The van der Waals surface area contributed by atoms with Gasteiger partial charge >= 0.3 is 0 Å². The Hall–Kier alpha value is -2.14. The molecule has 0 radical (unpaired) electrons. The first-order valence-corrected chi connectivity index (χ1v) is 5.75. The first kappa shape index (κ1) is 13.3. The maximum atomic E-state index is 13.5. The van der Waals surface area contributed by atoms with Gasteiger partial charge in [-0.3, -0.25) is 4.79 Å². The summed E-state index contributed by atoms with van der Waals surface area (Å²) < 4.78 is 18.5. The number of anilines is 1. The van der Waals surface area contributed by atoms with Gasteiger partial charge in [-0.05, 0) is 24.3 Å². The first-order chi connectivity index (χ1) is 9.10. The number of aromatic nitrogens is 1. The standard InChI is InChI=1S/C13H10ClFN2O2/c1-19-8-5-6-9(15)11(7-8)17-13(18)10-3-2-4-12(14)16-10/h2-7H,1H3,(H,17,18). The summed E-state index contributed by atoms with van der Waals surface area (Å²) in [7, 11) is 1.46. The Morgan fingerprint density at radius 1 is 1.37 bits per heavy atom. The number of nitrogens with one attached hydrogen (secondary N) is 1. The van der Waals surface area contributed by atoms with Gasteiger partial charge in [-0.15, -0.1) is 0 Å². The molecule has 2 aromatic rings. The van der Waals surface area contributed by atoms with Crippen molar-refractivity contribution in [2.24, 2.45) is 0 Å². The van der Waals surface area contributed by atoms with E-state index < -0.39 is 11.7 Å². The Bertz CT molecular complexity index is 619. The van der Waals surface area contributed by atoms with Crippen molar-refractivity contribution in [2.45, 2.75) is 0 Å². The lowest BCUT2D eigenvalue weighted by Gasteiger charge is -2.08. The fourth-order valence-corrected chi connectivity index (χ4v) is 1.61. The highest BCUT2D eigenvalue weighted by molar-refractivity contribution is 6.29. The number of pyridine rings is 1. The first-order valence-electron chi connectivity index (χ1n) is 5.37. The van der Waals surface area contributed by atoms with E-state index in [9.17, 15) is 9.18 Å². The van der Waals surface area contributed by atoms with Gasteiger partial charge < -0.3 is 10.1 Å². The van der Waals surface area contributed by atoms with Crippen LogP contribution in [0.5, 0.6) is 5.75 Å². The molecular formula is C13H10ClFN2O2. The lowest BCUT2D eigenvalue weighted by molar-refractivity contribution is 0.102. The van der Waals surface area contributed by atoms with Crippen LogP contribution in [-0.4, -0.2) is 18.0 Å². The van der Waals surface area contributed by atoms with Gasteiger partial charge in [0.1, 0.15) is 22.4 Å². The Labute approximate surface area is 114 Å². The zero-order chi connectivity index (χ0) is 13.8. The predicted molar refractivity (Wildman–Crippen MR) is 70.2 cm³/mol. The summed E-state index contributed by atoms with van der Waals surface area (Å²) in [6, 6.07) is 8.68. The van der Waals surface area contributed by atoms with Gasteiger partial charge in [0, 0.05) is 6.07 Å². The third kappa shape index (κ3) is 3.20. The van der Waals surface area contributed by atoms with Crippen molar-refractivity contribution < 1.29 is 13.9 Å². The van der Waals surface area contributed by atoms with Crippen molar-refractivity contribution in [3.63, 3.8) is 0 Å². The second kappa shape index (κ2) is 5.67. The highest BCUT2D eigenvalue weighted by Crippen LogP contribution is 2.21. The van der Waals surface area contributed by atoms with Gasteiger partial charge in [0.15, 0.2) is 0 Å². The molecule has 6 heteroatoms. The average Bonchev–Trinajstić information content (AvgIpc) is 2.41. The van der Waals surface area contributed by atoms with E-state index in [1.807, 2.05) is 0 Å². The summed E-state index contributed by atoms with van der Waals surface area (Å²) in [5.41, 5.74) is 0.126. The summed E-state index contributed by atoms with van der Waals surface area (Å²) in [6.07, 6.45) is 0. The number of carbonyl (C=O) groups excluding carboxylic acids is 1. The molecule has 0 aliphatic rings. The number of hydrogen-bond acceptors (Lipinski definition) is 3. The van der Waals surface area contributed by atoms with Crippen LogP contribution in [0.3, 0.4) is 0 Å². The lowest BCUT2D eigenvalue weighted by atomic mass is 10.2. The summed E-state index contributed by atoms with van der Waals surface area (Å²) in [6.45, 7) is 0. The van der Waals surface area contributed by atoms with Gasteiger partial charge in [-0.25, -0.2) is 9.37 Å². The molecule has 1 aromatic carbocycles. The van der Waals surface area contributed by atoms with Crippen molar-refractivity contribution in [3.8, 4) is 5.75 Å². The second-order valence-electron chi connectivity index (χ2n) is 3.65. The third-order valence-corrected chi connectivity index (χ3v) is 2.58. The van der Waals surface area contributed by atoms with Crippen LogP contribution in [0.1, 0.15) is 10.5 Å². The molecule has 1 aromatic heterocycles. The maximum absolute atomic E-state index is 13.5. The number of hydrogen-bond donors (Lipinski definition) is 1. The fraction of sp³-hybridized carbons (Fsp3) is 0.0769. The summed E-state index contributed by atoms with van der Waals surface area (Å²) >= 11 is 5.69. The highest BCUT2D eigenvalue weighted by atomic mass is 35.5. The monoisotopic (exact) mass is 280 g/mol. The van der Waals surface area contributed by atoms with E-state index in [0.717, 1.165) is 0 Å². The molecule has 98 valence electrons. The van der Waals surface area contributed by atoms with E-state index in [1.165, 1.54) is 31.4 Å². The third-order valence-electron chi connectivity index (χ3n) is 2.37. The second-order valence-corrected chi connectivity index (χ2v) is 4.03. The molecule has 0 bridgehead atoms. The van der Waals surface area contributed by atoms with Crippen molar-refractivity contribution in [3.05, 3.63) is 53.1 Å². The van der Waals surface area contributed by atoms with E-state index in [2.05, 4.69) is 10.3 Å². The van der Waals surface area contributed by atoms with Gasteiger partial charge in [-0.1, -0.05) is 17.7 Å². The van der Waals surface area contributed by atoms with Crippen molar-refractivity contribution in [2.75, 3.05) is 12.4 Å². The van der Waals surface area contributed by atoms with Gasteiger partial charge in [0.25, 0.3) is 5.91 Å². The predicted octanol–water partition coefficient (Wildman–Crippen LogP) is 3.14. The van der Waals surface area contributed by atoms with E-state index in [4.69, 9.17) is 16.3 Å². The van der Waals surface area contributed by atoms with Gasteiger partial charge in [-0.2, -0.15) is 0 Å². The zero-order valence-corrected chi connectivity index (χ0v) is 10.7. The number of halogens is 2. The van der Waals surface area contributed by atoms with Crippen LogP contribution in [-0.2, 0) is 0 Å². The van der Waals surface area contributed by atoms with Gasteiger partial charge in [0.2, 0.25) is 0 Å². The Balaban J connectivity index is 2.23. The number of benzene rings is 1. The highest BCUT2D eigenvalue weighted by Gasteiger charge is 2.11. The van der Waals surface area contributed by atoms with E-state index in [0.29, 0.717) is 5.75 Å². The molecule has 0 aliphatic heterocycles. The van der Waals surface area contributed by atoms with E-state index in [1.54, 1.807) is 12.1 Å². The quantitative estimate of drug-likeness (QED) is 0.879. The van der Waals surface area contributed by atoms with Crippen LogP contribution >= 0.6 is 11.6 Å². The molecular weight excluding hydrogens is 271 g/mol. The smallest absolute Gasteiger partial charge is 0.274 e. The summed E-state index contributed by atoms with van der Waals surface area (Å²) in [5.74, 6) is -0.665. The van der Waals surface area contributed by atoms with Crippen LogP contribution in [0.25, 0.3) is 0 Å². The topological polar surface area (TPSA) is 51.2 Å². The van der Waals surface area contributed by atoms with Crippen LogP contribution in [0.2, 0.25) is 5.15 Å². The fourth-order valence-electron chi connectivity index (χ4n) is 1.45. The molecule has 0 spiro atoms. The Morgan fingerprint density at radius 3 is 2.84 bits per heavy atom. The summed E-state index contributed by atoms with van der Waals surface area (Å²) in [5, 5.41) is 2.61. The Kier molecular flexibility index (Phi) is 3.97. The zero-order valence-electron chi connectivity index (χ0n) is 9.98. The molecule has 1 N–H and O–H groups in total. The molecule has 0 fully saturated rings. The molecule has 0 saturated heterocycles. The van der Waals surface area contributed by atoms with Crippen molar-refractivity contribution in [1.29, 1.82) is 0 Å². The molecule has 0 saturated carbocycles. The molecule has 0 unspecified atom stereocenters. The van der Waals surface area contributed by atoms with Crippen molar-refractivity contribution >= 4 is 23.2 Å². The number of nitrogens with zero attached hydrogens (tertiary/aromatic N) is 1.